The number of benzene rings is 2. The van der Waals surface area contributed by atoms with Crippen molar-refractivity contribution in [1.29, 1.82) is 0 Å². The first-order valence-electron chi connectivity index (χ1n) is 6.29. The Hall–Kier alpha value is -2.10. The second-order valence-electron chi connectivity index (χ2n) is 4.62. The molecule has 96 valence electrons. The average Bonchev–Trinajstić information content (AvgIpc) is 2.86. The lowest BCUT2D eigenvalue weighted by Crippen LogP contribution is -2.28. The number of aryl methyl sites for hydroxylation is 1. The molecule has 0 radical (unpaired) electrons. The monoisotopic (exact) mass is 252 g/mol. The number of rotatable bonds is 3. The average molecular weight is 252 g/mol. The summed E-state index contributed by atoms with van der Waals surface area (Å²) in [4.78, 5) is 0. The molecule has 19 heavy (non-hydrogen) atoms. The minimum Gasteiger partial charge on any atom is -0.464 e. The van der Waals surface area contributed by atoms with Crippen molar-refractivity contribution in [2.45, 2.75) is 13.0 Å². The summed E-state index contributed by atoms with van der Waals surface area (Å²) in [7, 11) is 0. The molecule has 0 saturated carbocycles. The van der Waals surface area contributed by atoms with Crippen LogP contribution in [0.4, 0.5) is 0 Å². The zero-order chi connectivity index (χ0) is 13.2. The van der Waals surface area contributed by atoms with E-state index in [0.29, 0.717) is 0 Å². The van der Waals surface area contributed by atoms with Gasteiger partial charge in [0.15, 0.2) is 0 Å². The van der Waals surface area contributed by atoms with E-state index < -0.39 is 0 Å². The number of hydrazine groups is 1. The van der Waals surface area contributed by atoms with Crippen LogP contribution in [0.3, 0.4) is 0 Å². The van der Waals surface area contributed by atoms with Crippen LogP contribution in [-0.2, 0) is 0 Å². The Morgan fingerprint density at radius 3 is 2.53 bits per heavy atom. The fourth-order valence-corrected chi connectivity index (χ4v) is 2.44. The molecule has 0 bridgehead atoms. The lowest BCUT2D eigenvalue weighted by Gasteiger charge is -2.16. The molecule has 3 heteroatoms. The van der Waals surface area contributed by atoms with Crippen LogP contribution in [0.15, 0.2) is 59.0 Å². The van der Waals surface area contributed by atoms with Crippen molar-refractivity contribution in [2.75, 3.05) is 0 Å². The largest absolute Gasteiger partial charge is 0.464 e. The molecule has 0 amide bonds. The molecule has 0 aliphatic rings. The Morgan fingerprint density at radius 2 is 1.79 bits per heavy atom. The molecular formula is C16H16N2O. The molecule has 1 atom stereocenters. The number of hydrogen-bond acceptors (Lipinski definition) is 3. The first kappa shape index (κ1) is 12.0. The van der Waals surface area contributed by atoms with E-state index in [9.17, 15) is 0 Å². The Morgan fingerprint density at radius 1 is 1.00 bits per heavy atom. The van der Waals surface area contributed by atoms with Crippen LogP contribution in [-0.4, -0.2) is 0 Å². The van der Waals surface area contributed by atoms with Crippen molar-refractivity contribution < 1.29 is 4.42 Å². The van der Waals surface area contributed by atoms with Crippen molar-refractivity contribution in [2.24, 2.45) is 5.84 Å². The Balaban J connectivity index is 2.16. The molecule has 2 aromatic carbocycles. The van der Waals surface area contributed by atoms with Crippen LogP contribution in [0.5, 0.6) is 0 Å². The van der Waals surface area contributed by atoms with Crippen molar-refractivity contribution in [3.05, 3.63) is 71.7 Å². The van der Waals surface area contributed by atoms with Crippen molar-refractivity contribution >= 4 is 10.8 Å². The molecule has 3 aromatic rings. The zero-order valence-corrected chi connectivity index (χ0v) is 10.8. The molecule has 3 nitrogen and oxygen atoms in total. The van der Waals surface area contributed by atoms with E-state index >= 15 is 0 Å². The van der Waals surface area contributed by atoms with Crippen molar-refractivity contribution in [1.82, 2.24) is 5.43 Å². The molecular weight excluding hydrogens is 236 g/mol. The van der Waals surface area contributed by atoms with Gasteiger partial charge in [0.25, 0.3) is 0 Å². The fourth-order valence-electron chi connectivity index (χ4n) is 2.44. The highest BCUT2D eigenvalue weighted by molar-refractivity contribution is 5.86. The number of fused-ring (bicyclic) bond motifs is 1. The number of nitrogens with two attached hydrogens (primary N) is 1. The molecule has 0 aliphatic carbocycles. The van der Waals surface area contributed by atoms with E-state index in [2.05, 4.69) is 29.7 Å². The van der Waals surface area contributed by atoms with E-state index in [4.69, 9.17) is 10.3 Å². The maximum Gasteiger partial charge on any atom is 0.126 e. The third kappa shape index (κ3) is 2.14. The highest BCUT2D eigenvalue weighted by atomic mass is 16.3. The van der Waals surface area contributed by atoms with Crippen LogP contribution in [0, 0.1) is 6.92 Å². The molecule has 0 aliphatic heterocycles. The second-order valence-corrected chi connectivity index (χ2v) is 4.62. The van der Waals surface area contributed by atoms with Crippen LogP contribution in [0.25, 0.3) is 10.8 Å². The zero-order valence-electron chi connectivity index (χ0n) is 10.8. The Bertz CT molecular complexity index is 697. The molecule has 1 aromatic heterocycles. The van der Waals surface area contributed by atoms with Gasteiger partial charge in [-0.05, 0) is 35.4 Å². The second kappa shape index (κ2) is 4.88. The van der Waals surface area contributed by atoms with Gasteiger partial charge in [0.1, 0.15) is 17.6 Å². The number of hydrogen-bond donors (Lipinski definition) is 2. The summed E-state index contributed by atoms with van der Waals surface area (Å²) in [6.45, 7) is 1.93. The lowest BCUT2D eigenvalue weighted by molar-refractivity contribution is 0.436. The Kier molecular flexibility index (Phi) is 3.07. The van der Waals surface area contributed by atoms with Gasteiger partial charge in [-0.1, -0.05) is 42.5 Å². The minimum atomic E-state index is -0.139. The van der Waals surface area contributed by atoms with Crippen molar-refractivity contribution in [3.63, 3.8) is 0 Å². The van der Waals surface area contributed by atoms with Gasteiger partial charge < -0.3 is 4.42 Å². The smallest absolute Gasteiger partial charge is 0.126 e. The van der Waals surface area contributed by atoms with Gasteiger partial charge in [0, 0.05) is 0 Å². The molecule has 0 fully saturated rings. The fraction of sp³-hybridized carbons (Fsp3) is 0.125. The standard InChI is InChI=1S/C16H16N2O/c1-11-9-10-15(19-11)16(18-17)14-8-4-6-12-5-2-3-7-13(12)14/h2-10,16,18H,17H2,1H3. The first-order chi connectivity index (χ1) is 9.29. The van der Waals surface area contributed by atoms with Crippen LogP contribution >= 0.6 is 0 Å². The predicted octanol–water partition coefficient (Wildman–Crippen LogP) is 3.29. The van der Waals surface area contributed by atoms with Gasteiger partial charge in [-0.3, -0.25) is 5.84 Å². The van der Waals surface area contributed by atoms with Gasteiger partial charge in [0.2, 0.25) is 0 Å². The lowest BCUT2D eigenvalue weighted by atomic mass is 9.98. The number of furan rings is 1. The summed E-state index contributed by atoms with van der Waals surface area (Å²) < 4.78 is 5.70. The summed E-state index contributed by atoms with van der Waals surface area (Å²) in [6, 6.07) is 18.2. The summed E-state index contributed by atoms with van der Waals surface area (Å²) in [5, 5.41) is 2.38. The normalized spacial score (nSPS) is 12.7. The van der Waals surface area contributed by atoms with E-state index in [-0.39, 0.29) is 6.04 Å². The van der Waals surface area contributed by atoms with Crippen LogP contribution in [0.2, 0.25) is 0 Å². The summed E-state index contributed by atoms with van der Waals surface area (Å²) in [5.74, 6) is 7.44. The molecule has 0 saturated heterocycles. The molecule has 1 unspecified atom stereocenters. The molecule has 1 heterocycles. The highest BCUT2D eigenvalue weighted by Gasteiger charge is 2.17. The van der Waals surface area contributed by atoms with Gasteiger partial charge in [0.05, 0.1) is 0 Å². The quantitative estimate of drug-likeness (QED) is 0.555. The molecule has 3 N–H and O–H groups in total. The summed E-state index contributed by atoms with van der Waals surface area (Å²) in [6.07, 6.45) is 0. The first-order valence-corrected chi connectivity index (χ1v) is 6.29. The van der Waals surface area contributed by atoms with Gasteiger partial charge >= 0.3 is 0 Å². The van der Waals surface area contributed by atoms with E-state index in [1.165, 1.54) is 10.8 Å². The highest BCUT2D eigenvalue weighted by Crippen LogP contribution is 2.29. The van der Waals surface area contributed by atoms with E-state index in [0.717, 1.165) is 17.1 Å². The number of nitrogens with one attached hydrogen (secondary N) is 1. The topological polar surface area (TPSA) is 51.2 Å². The van der Waals surface area contributed by atoms with Gasteiger partial charge in [-0.2, -0.15) is 0 Å². The maximum absolute atomic E-state index is 5.73. The predicted molar refractivity (Wildman–Crippen MR) is 76.6 cm³/mol. The SMILES string of the molecule is Cc1ccc(C(NN)c2cccc3ccccc23)o1. The van der Waals surface area contributed by atoms with E-state index in [1.807, 2.05) is 37.3 Å². The van der Waals surface area contributed by atoms with Crippen molar-refractivity contribution in [3.8, 4) is 0 Å². The third-order valence-electron chi connectivity index (χ3n) is 3.35. The summed E-state index contributed by atoms with van der Waals surface area (Å²) in [5.41, 5.74) is 3.97. The summed E-state index contributed by atoms with van der Waals surface area (Å²) >= 11 is 0. The van der Waals surface area contributed by atoms with Gasteiger partial charge in [-0.15, -0.1) is 0 Å². The van der Waals surface area contributed by atoms with Crippen LogP contribution < -0.4 is 11.3 Å². The maximum atomic E-state index is 5.73. The molecule has 3 rings (SSSR count). The van der Waals surface area contributed by atoms with E-state index in [1.54, 1.807) is 0 Å². The minimum absolute atomic E-state index is 0.139. The Labute approximate surface area is 112 Å². The third-order valence-corrected chi connectivity index (χ3v) is 3.35. The van der Waals surface area contributed by atoms with Gasteiger partial charge in [-0.25, -0.2) is 5.43 Å². The molecule has 0 spiro atoms. The van der Waals surface area contributed by atoms with Crippen LogP contribution in [0.1, 0.15) is 23.1 Å².